The van der Waals surface area contributed by atoms with Gasteiger partial charge >= 0.3 is 0 Å². The van der Waals surface area contributed by atoms with Crippen molar-refractivity contribution < 1.29 is 0 Å². The van der Waals surface area contributed by atoms with Crippen LogP contribution >= 0.6 is 27.7 Å². The zero-order valence-electron chi connectivity index (χ0n) is 10.7. The molecule has 0 spiro atoms. The summed E-state index contributed by atoms with van der Waals surface area (Å²) in [4.78, 5) is 0. The van der Waals surface area contributed by atoms with E-state index in [4.69, 9.17) is 5.73 Å². The Bertz CT molecular complexity index is 356. The molecular formula is C13H21BrN2S. The number of thioether (sulfide) groups is 1. The first-order chi connectivity index (χ1) is 8.06. The van der Waals surface area contributed by atoms with Gasteiger partial charge in [-0.3, -0.25) is 0 Å². The van der Waals surface area contributed by atoms with Gasteiger partial charge in [0.1, 0.15) is 0 Å². The summed E-state index contributed by atoms with van der Waals surface area (Å²) >= 11 is 5.47. The van der Waals surface area contributed by atoms with Crippen molar-refractivity contribution in [3.63, 3.8) is 0 Å². The smallest absolute Gasteiger partial charge is 0.0486 e. The van der Waals surface area contributed by atoms with Gasteiger partial charge in [0.2, 0.25) is 0 Å². The largest absolute Gasteiger partial charge is 0.399 e. The van der Waals surface area contributed by atoms with Crippen molar-refractivity contribution in [1.82, 2.24) is 0 Å². The van der Waals surface area contributed by atoms with Crippen LogP contribution in [0.5, 0.6) is 0 Å². The van der Waals surface area contributed by atoms with Gasteiger partial charge in [-0.2, -0.15) is 11.8 Å². The number of nitrogen functional groups attached to an aromatic ring is 1. The Morgan fingerprint density at radius 1 is 1.35 bits per heavy atom. The Morgan fingerprint density at radius 3 is 2.47 bits per heavy atom. The number of nitrogens with one attached hydrogen (secondary N) is 1. The van der Waals surface area contributed by atoms with E-state index in [9.17, 15) is 0 Å². The highest BCUT2D eigenvalue weighted by molar-refractivity contribution is 9.10. The minimum absolute atomic E-state index is 0.320. The van der Waals surface area contributed by atoms with Gasteiger partial charge in [0, 0.05) is 27.1 Å². The van der Waals surface area contributed by atoms with Gasteiger partial charge in [-0.25, -0.2) is 0 Å². The summed E-state index contributed by atoms with van der Waals surface area (Å²) in [5, 5.41) is 3.51. The summed E-state index contributed by atoms with van der Waals surface area (Å²) in [5.74, 6) is 0. The number of hydrogen-bond acceptors (Lipinski definition) is 3. The highest BCUT2D eigenvalue weighted by Crippen LogP contribution is 2.32. The molecule has 0 amide bonds. The minimum atomic E-state index is 0.320. The third kappa shape index (κ3) is 3.81. The van der Waals surface area contributed by atoms with Crippen LogP contribution in [0.25, 0.3) is 0 Å². The lowest BCUT2D eigenvalue weighted by molar-refractivity contribution is 0.574. The first-order valence-corrected chi connectivity index (χ1v) is 7.92. The van der Waals surface area contributed by atoms with Crippen LogP contribution < -0.4 is 11.1 Å². The second-order valence-electron chi connectivity index (χ2n) is 4.19. The molecule has 2 nitrogen and oxygen atoms in total. The summed E-state index contributed by atoms with van der Waals surface area (Å²) in [7, 11) is 0. The van der Waals surface area contributed by atoms with Crippen molar-refractivity contribution in [1.29, 1.82) is 0 Å². The van der Waals surface area contributed by atoms with Crippen molar-refractivity contribution in [2.24, 2.45) is 0 Å². The molecule has 0 radical (unpaired) electrons. The molecule has 1 rings (SSSR count). The molecule has 0 atom stereocenters. The van der Waals surface area contributed by atoms with Gasteiger partial charge in [0.05, 0.1) is 0 Å². The highest BCUT2D eigenvalue weighted by atomic mass is 79.9. The molecule has 0 saturated heterocycles. The van der Waals surface area contributed by atoms with E-state index in [0.29, 0.717) is 4.75 Å². The molecule has 96 valence electrons. The molecule has 0 unspecified atom stereocenters. The molecule has 17 heavy (non-hydrogen) atoms. The second kappa shape index (κ2) is 6.55. The lowest BCUT2D eigenvalue weighted by atomic mass is 10.0. The van der Waals surface area contributed by atoms with Crippen LogP contribution in [0.4, 0.5) is 11.4 Å². The predicted octanol–water partition coefficient (Wildman–Crippen LogP) is 4.37. The molecule has 0 fully saturated rings. The quantitative estimate of drug-likeness (QED) is 0.765. The van der Waals surface area contributed by atoms with Gasteiger partial charge in [-0.1, -0.05) is 13.8 Å². The SMILES string of the molecule is CCC(CC)(CNc1ccc(N)cc1Br)SC. The Labute approximate surface area is 117 Å². The molecule has 0 aromatic heterocycles. The maximum atomic E-state index is 5.73. The van der Waals surface area contributed by atoms with Gasteiger partial charge in [0.15, 0.2) is 0 Å². The molecule has 0 aliphatic heterocycles. The summed E-state index contributed by atoms with van der Waals surface area (Å²) in [6.45, 7) is 5.48. The molecule has 1 aromatic rings. The van der Waals surface area contributed by atoms with E-state index in [1.165, 1.54) is 12.8 Å². The summed E-state index contributed by atoms with van der Waals surface area (Å²) in [6.07, 6.45) is 4.53. The Kier molecular flexibility index (Phi) is 5.67. The van der Waals surface area contributed by atoms with Gasteiger partial charge < -0.3 is 11.1 Å². The van der Waals surface area contributed by atoms with Crippen molar-refractivity contribution >= 4 is 39.1 Å². The lowest BCUT2D eigenvalue weighted by Gasteiger charge is -2.30. The number of nitrogens with two attached hydrogens (primary N) is 1. The van der Waals surface area contributed by atoms with Crippen LogP contribution in [-0.4, -0.2) is 17.5 Å². The fraction of sp³-hybridized carbons (Fsp3) is 0.538. The summed E-state index contributed by atoms with van der Waals surface area (Å²) < 4.78 is 1.35. The van der Waals surface area contributed by atoms with Crippen LogP contribution in [0.2, 0.25) is 0 Å². The predicted molar refractivity (Wildman–Crippen MR) is 83.9 cm³/mol. The van der Waals surface area contributed by atoms with E-state index in [1.807, 2.05) is 30.0 Å². The van der Waals surface area contributed by atoms with E-state index in [0.717, 1.165) is 22.4 Å². The Balaban J connectivity index is 2.72. The second-order valence-corrected chi connectivity index (χ2v) is 6.32. The topological polar surface area (TPSA) is 38.0 Å². The normalized spacial score (nSPS) is 11.5. The molecule has 4 heteroatoms. The van der Waals surface area contributed by atoms with Crippen LogP contribution in [0.1, 0.15) is 26.7 Å². The molecule has 0 aliphatic carbocycles. The fourth-order valence-electron chi connectivity index (χ4n) is 1.79. The molecule has 0 bridgehead atoms. The highest BCUT2D eigenvalue weighted by Gasteiger charge is 2.24. The average Bonchev–Trinajstić information content (AvgIpc) is 2.33. The molecule has 0 heterocycles. The lowest BCUT2D eigenvalue weighted by Crippen LogP contribution is -2.32. The Morgan fingerprint density at radius 2 is 2.00 bits per heavy atom. The third-order valence-corrected chi connectivity index (χ3v) is 5.56. The monoisotopic (exact) mass is 316 g/mol. The van der Waals surface area contributed by atoms with Crippen molar-refractivity contribution in [3.8, 4) is 0 Å². The first-order valence-electron chi connectivity index (χ1n) is 5.91. The number of anilines is 2. The Hall–Kier alpha value is -0.350. The van der Waals surface area contributed by atoms with E-state index in [2.05, 4.69) is 41.3 Å². The van der Waals surface area contributed by atoms with Gasteiger partial charge in [-0.15, -0.1) is 0 Å². The average molecular weight is 317 g/mol. The molecule has 0 aliphatic rings. The number of hydrogen-bond donors (Lipinski definition) is 2. The van der Waals surface area contributed by atoms with E-state index >= 15 is 0 Å². The van der Waals surface area contributed by atoms with E-state index in [-0.39, 0.29) is 0 Å². The zero-order valence-corrected chi connectivity index (χ0v) is 13.1. The van der Waals surface area contributed by atoms with Crippen LogP contribution in [0, 0.1) is 0 Å². The van der Waals surface area contributed by atoms with Crippen molar-refractivity contribution in [2.45, 2.75) is 31.4 Å². The first kappa shape index (κ1) is 14.7. The van der Waals surface area contributed by atoms with Gasteiger partial charge in [0.25, 0.3) is 0 Å². The van der Waals surface area contributed by atoms with Crippen molar-refractivity contribution in [2.75, 3.05) is 23.9 Å². The molecule has 1 aromatic carbocycles. The van der Waals surface area contributed by atoms with Crippen LogP contribution in [-0.2, 0) is 0 Å². The molecule has 3 N–H and O–H groups in total. The van der Waals surface area contributed by atoms with Crippen LogP contribution in [0.3, 0.4) is 0 Å². The van der Waals surface area contributed by atoms with E-state index < -0.39 is 0 Å². The van der Waals surface area contributed by atoms with Crippen molar-refractivity contribution in [3.05, 3.63) is 22.7 Å². The summed E-state index contributed by atoms with van der Waals surface area (Å²) in [5.41, 5.74) is 7.62. The maximum absolute atomic E-state index is 5.73. The number of benzene rings is 1. The maximum Gasteiger partial charge on any atom is 0.0486 e. The van der Waals surface area contributed by atoms with Crippen LogP contribution in [0.15, 0.2) is 22.7 Å². The molecule has 0 saturated carbocycles. The van der Waals surface area contributed by atoms with Gasteiger partial charge in [-0.05, 0) is 53.2 Å². The fourth-order valence-corrected chi connectivity index (χ4v) is 3.12. The summed E-state index contributed by atoms with van der Waals surface area (Å²) in [6, 6.07) is 5.88. The number of halogens is 1. The zero-order chi connectivity index (χ0) is 12.9. The third-order valence-electron chi connectivity index (χ3n) is 3.32. The minimum Gasteiger partial charge on any atom is -0.399 e. The molecular weight excluding hydrogens is 296 g/mol. The standard InChI is InChI=1S/C13H21BrN2S/c1-4-13(5-2,17-3)9-16-12-7-6-10(15)8-11(12)14/h6-8,16H,4-5,9,15H2,1-3H3. The van der Waals surface area contributed by atoms with E-state index in [1.54, 1.807) is 0 Å². The number of rotatable bonds is 6.